The number of nitrogens with zero attached hydrogens (tertiary/aromatic N) is 1. The summed E-state index contributed by atoms with van der Waals surface area (Å²) >= 11 is 5.66. The van der Waals surface area contributed by atoms with E-state index in [2.05, 4.69) is 10.2 Å². The van der Waals surface area contributed by atoms with Gasteiger partial charge in [-0.15, -0.1) is 0 Å². The number of carbonyl (C=O) groups is 1. The zero-order chi connectivity index (χ0) is 17.5. The number of hydrogen-bond donors (Lipinski definition) is 1. The minimum Gasteiger partial charge on any atom is -0.484 e. The van der Waals surface area contributed by atoms with Gasteiger partial charge in [-0.1, -0.05) is 35.9 Å². The van der Waals surface area contributed by atoms with E-state index < -0.39 is 5.82 Å². The quantitative estimate of drug-likeness (QED) is 0.833. The molecule has 4 nitrogen and oxygen atoms in total. The van der Waals surface area contributed by atoms with Crippen molar-refractivity contribution in [2.45, 2.75) is 13.1 Å². The van der Waals surface area contributed by atoms with Gasteiger partial charge in [-0.05, 0) is 37.4 Å². The van der Waals surface area contributed by atoms with Crippen molar-refractivity contribution in [2.24, 2.45) is 0 Å². The van der Waals surface area contributed by atoms with Crippen molar-refractivity contribution in [1.82, 2.24) is 10.2 Å². The van der Waals surface area contributed by atoms with Crippen molar-refractivity contribution < 1.29 is 13.9 Å². The zero-order valence-corrected chi connectivity index (χ0v) is 14.4. The van der Waals surface area contributed by atoms with E-state index in [-0.39, 0.29) is 17.5 Å². The lowest BCUT2D eigenvalue weighted by Crippen LogP contribution is -2.28. The lowest BCUT2D eigenvalue weighted by atomic mass is 10.1. The third-order valence-corrected chi connectivity index (χ3v) is 3.56. The van der Waals surface area contributed by atoms with Gasteiger partial charge in [-0.2, -0.15) is 0 Å². The highest BCUT2D eigenvalue weighted by Crippen LogP contribution is 2.20. The summed E-state index contributed by atoms with van der Waals surface area (Å²) in [5.74, 6) is -0.427. The summed E-state index contributed by atoms with van der Waals surface area (Å²) in [7, 11) is 4.03. The number of rotatable bonds is 7. The van der Waals surface area contributed by atoms with Gasteiger partial charge in [0.15, 0.2) is 6.61 Å². The van der Waals surface area contributed by atoms with Crippen molar-refractivity contribution >= 4 is 17.5 Å². The van der Waals surface area contributed by atoms with E-state index in [0.717, 1.165) is 12.1 Å². The van der Waals surface area contributed by atoms with Gasteiger partial charge in [-0.25, -0.2) is 4.39 Å². The average Bonchev–Trinajstić information content (AvgIpc) is 2.55. The highest BCUT2D eigenvalue weighted by molar-refractivity contribution is 6.30. The molecule has 0 unspecified atom stereocenters. The summed E-state index contributed by atoms with van der Waals surface area (Å²) < 4.78 is 18.3. The second kappa shape index (κ2) is 8.66. The first-order valence-electron chi connectivity index (χ1n) is 7.51. The van der Waals surface area contributed by atoms with Gasteiger partial charge >= 0.3 is 0 Å². The molecule has 2 aromatic rings. The Kier molecular flexibility index (Phi) is 6.58. The molecule has 0 aliphatic carbocycles. The maximum Gasteiger partial charge on any atom is 0.258 e. The summed E-state index contributed by atoms with van der Waals surface area (Å²) in [6.45, 7) is 1.15. The second-order valence-electron chi connectivity index (χ2n) is 5.70. The largest absolute Gasteiger partial charge is 0.484 e. The summed E-state index contributed by atoms with van der Waals surface area (Å²) in [6, 6.07) is 12.0. The van der Waals surface area contributed by atoms with Crippen LogP contribution in [0, 0.1) is 5.82 Å². The molecule has 0 aromatic heterocycles. The maximum absolute atomic E-state index is 13.0. The molecule has 0 fully saturated rings. The molecule has 0 saturated carbocycles. The monoisotopic (exact) mass is 350 g/mol. The molecular formula is C18H20ClFN2O2. The predicted octanol–water partition coefficient (Wildman–Crippen LogP) is 3.24. The first-order valence-corrected chi connectivity index (χ1v) is 7.89. The molecular weight excluding hydrogens is 331 g/mol. The normalized spacial score (nSPS) is 10.7. The van der Waals surface area contributed by atoms with Gasteiger partial charge < -0.3 is 15.0 Å². The van der Waals surface area contributed by atoms with Crippen LogP contribution in [0.5, 0.6) is 5.75 Å². The Labute approximate surface area is 146 Å². The fraction of sp³-hybridized carbons (Fsp3) is 0.278. The van der Waals surface area contributed by atoms with Gasteiger partial charge in [0, 0.05) is 19.2 Å². The Balaban J connectivity index is 1.77. The Morgan fingerprint density at radius 2 is 1.83 bits per heavy atom. The van der Waals surface area contributed by atoms with Crippen LogP contribution in [0.2, 0.25) is 5.02 Å². The molecule has 6 heteroatoms. The number of nitrogens with one attached hydrogen (secondary N) is 1. The van der Waals surface area contributed by atoms with Gasteiger partial charge in [0.25, 0.3) is 5.91 Å². The van der Waals surface area contributed by atoms with Gasteiger partial charge in [-0.3, -0.25) is 4.79 Å². The predicted molar refractivity (Wildman–Crippen MR) is 92.6 cm³/mol. The molecule has 2 aromatic carbocycles. The number of hydrogen-bond acceptors (Lipinski definition) is 3. The van der Waals surface area contributed by atoms with Crippen molar-refractivity contribution in [1.29, 1.82) is 0 Å². The fourth-order valence-electron chi connectivity index (χ4n) is 2.09. The lowest BCUT2D eigenvalue weighted by Gasteiger charge is -2.11. The highest BCUT2D eigenvalue weighted by Gasteiger charge is 2.06. The van der Waals surface area contributed by atoms with Crippen LogP contribution in [-0.4, -0.2) is 31.5 Å². The van der Waals surface area contributed by atoms with Crippen LogP contribution in [0.1, 0.15) is 11.1 Å². The van der Waals surface area contributed by atoms with Crippen molar-refractivity contribution in [3.63, 3.8) is 0 Å². The number of halogens is 2. The molecule has 0 aliphatic rings. The smallest absolute Gasteiger partial charge is 0.258 e. The van der Waals surface area contributed by atoms with Crippen LogP contribution in [0.15, 0.2) is 42.5 Å². The number of amides is 1. The van der Waals surface area contributed by atoms with Crippen LogP contribution < -0.4 is 10.1 Å². The molecule has 24 heavy (non-hydrogen) atoms. The molecule has 0 saturated heterocycles. The molecule has 0 heterocycles. The summed E-state index contributed by atoms with van der Waals surface area (Å²) in [4.78, 5) is 13.9. The van der Waals surface area contributed by atoms with E-state index in [9.17, 15) is 9.18 Å². The van der Waals surface area contributed by atoms with E-state index in [4.69, 9.17) is 16.3 Å². The molecule has 1 amide bonds. The minimum atomic E-state index is -0.522. The first-order chi connectivity index (χ1) is 11.4. The summed E-state index contributed by atoms with van der Waals surface area (Å²) in [5, 5.41) is 2.74. The fourth-order valence-corrected chi connectivity index (χ4v) is 2.27. The van der Waals surface area contributed by atoms with Gasteiger partial charge in [0.05, 0.1) is 5.02 Å². The van der Waals surface area contributed by atoms with Crippen molar-refractivity contribution in [3.05, 3.63) is 64.4 Å². The van der Waals surface area contributed by atoms with E-state index >= 15 is 0 Å². The third kappa shape index (κ3) is 5.83. The topological polar surface area (TPSA) is 41.6 Å². The number of ether oxygens (including phenoxy) is 1. The summed E-state index contributed by atoms with van der Waals surface area (Å²) in [5.41, 5.74) is 2.22. The Morgan fingerprint density at radius 3 is 2.46 bits per heavy atom. The van der Waals surface area contributed by atoms with E-state index in [1.807, 2.05) is 38.4 Å². The third-order valence-electron chi connectivity index (χ3n) is 3.27. The van der Waals surface area contributed by atoms with Crippen LogP contribution in [0.25, 0.3) is 0 Å². The Bertz CT molecular complexity index is 690. The van der Waals surface area contributed by atoms with E-state index in [1.165, 1.54) is 23.8 Å². The van der Waals surface area contributed by atoms with Crippen LogP contribution in [0.3, 0.4) is 0 Å². The van der Waals surface area contributed by atoms with Crippen LogP contribution in [-0.2, 0) is 17.9 Å². The SMILES string of the molecule is CN(C)Cc1ccc(CNC(=O)COc2ccc(F)c(Cl)c2)cc1. The van der Waals surface area contributed by atoms with Crippen molar-refractivity contribution in [3.8, 4) is 5.75 Å². The molecule has 128 valence electrons. The molecule has 0 spiro atoms. The Morgan fingerprint density at radius 1 is 1.17 bits per heavy atom. The summed E-state index contributed by atoms with van der Waals surface area (Å²) in [6.07, 6.45) is 0. The minimum absolute atomic E-state index is 0.0364. The Hall–Kier alpha value is -2.11. The van der Waals surface area contributed by atoms with Gasteiger partial charge in [0.2, 0.25) is 0 Å². The maximum atomic E-state index is 13.0. The molecule has 0 aliphatic heterocycles. The lowest BCUT2D eigenvalue weighted by molar-refractivity contribution is -0.123. The zero-order valence-electron chi connectivity index (χ0n) is 13.7. The number of carbonyl (C=O) groups excluding carboxylic acids is 1. The molecule has 1 N–H and O–H groups in total. The average molecular weight is 351 g/mol. The second-order valence-corrected chi connectivity index (χ2v) is 6.10. The van der Waals surface area contributed by atoms with E-state index in [0.29, 0.717) is 12.3 Å². The molecule has 0 radical (unpaired) electrons. The molecule has 2 rings (SSSR count). The van der Waals surface area contributed by atoms with Gasteiger partial charge in [0.1, 0.15) is 11.6 Å². The molecule has 0 atom stereocenters. The van der Waals surface area contributed by atoms with Crippen LogP contribution >= 0.6 is 11.6 Å². The number of benzene rings is 2. The molecule has 0 bridgehead atoms. The highest BCUT2D eigenvalue weighted by atomic mass is 35.5. The van der Waals surface area contributed by atoms with Crippen LogP contribution in [0.4, 0.5) is 4.39 Å². The van der Waals surface area contributed by atoms with E-state index in [1.54, 1.807) is 0 Å². The van der Waals surface area contributed by atoms with Crippen molar-refractivity contribution in [2.75, 3.05) is 20.7 Å². The first kappa shape index (κ1) is 18.2. The standard InChI is InChI=1S/C18H20ClFN2O2/c1-22(2)11-14-5-3-13(4-6-14)10-21-18(23)12-24-15-7-8-17(20)16(19)9-15/h3-9H,10-12H2,1-2H3,(H,21,23).